The molecule has 0 amide bonds. The highest BCUT2D eigenvalue weighted by atomic mass is 16.3. The average Bonchev–Trinajstić information content (AvgIpc) is 2.04. The van der Waals surface area contributed by atoms with E-state index < -0.39 is 5.60 Å². The van der Waals surface area contributed by atoms with Gasteiger partial charge in [-0.15, -0.1) is 0 Å². The fraction of sp³-hybridized carbons (Fsp3) is 1.00. The molecule has 2 heteroatoms. The topological polar surface area (TPSA) is 32.3 Å². The van der Waals surface area contributed by atoms with Crippen LogP contribution in [0.1, 0.15) is 52.4 Å². The molecule has 2 N–H and O–H groups in total. The van der Waals surface area contributed by atoms with Gasteiger partial charge in [-0.2, -0.15) is 0 Å². The first kappa shape index (κ1) is 12.9. The van der Waals surface area contributed by atoms with E-state index in [0.29, 0.717) is 6.54 Å². The van der Waals surface area contributed by atoms with Crippen molar-refractivity contribution in [2.24, 2.45) is 0 Å². The Kier molecular flexibility index (Phi) is 7.29. The lowest BCUT2D eigenvalue weighted by molar-refractivity contribution is 0.0500. The molecule has 0 aliphatic heterocycles. The second-order valence-electron chi connectivity index (χ2n) is 4.19. The first-order valence-corrected chi connectivity index (χ1v) is 5.49. The SMILES string of the molecule is CCCCCCCC(C)(O)CNC. The zero-order valence-corrected chi connectivity index (χ0v) is 9.40. The van der Waals surface area contributed by atoms with Gasteiger partial charge in [-0.1, -0.05) is 39.0 Å². The number of aliphatic hydroxyl groups is 1. The zero-order chi connectivity index (χ0) is 10.2. The summed E-state index contributed by atoms with van der Waals surface area (Å²) in [6.07, 6.45) is 7.24. The molecule has 0 heterocycles. The van der Waals surface area contributed by atoms with E-state index in [9.17, 15) is 5.11 Å². The number of likely N-dealkylation sites (N-methyl/N-ethyl adjacent to an activating group) is 1. The van der Waals surface area contributed by atoms with Crippen molar-refractivity contribution < 1.29 is 5.11 Å². The summed E-state index contributed by atoms with van der Waals surface area (Å²) in [4.78, 5) is 0. The lowest BCUT2D eigenvalue weighted by Crippen LogP contribution is -2.35. The summed E-state index contributed by atoms with van der Waals surface area (Å²) in [6.45, 7) is 4.82. The molecule has 0 aromatic rings. The minimum Gasteiger partial charge on any atom is -0.389 e. The highest BCUT2D eigenvalue weighted by Gasteiger charge is 2.17. The van der Waals surface area contributed by atoms with E-state index in [2.05, 4.69) is 12.2 Å². The van der Waals surface area contributed by atoms with E-state index in [4.69, 9.17) is 0 Å². The van der Waals surface area contributed by atoms with Crippen molar-refractivity contribution in [1.82, 2.24) is 5.32 Å². The van der Waals surface area contributed by atoms with Crippen LogP contribution in [0.2, 0.25) is 0 Å². The summed E-state index contributed by atoms with van der Waals surface area (Å²) in [5.41, 5.74) is -0.513. The quantitative estimate of drug-likeness (QED) is 0.572. The molecule has 13 heavy (non-hydrogen) atoms. The second-order valence-corrected chi connectivity index (χ2v) is 4.19. The fourth-order valence-corrected chi connectivity index (χ4v) is 1.58. The van der Waals surface area contributed by atoms with Crippen LogP contribution >= 0.6 is 0 Å². The molecule has 0 aromatic heterocycles. The van der Waals surface area contributed by atoms with Crippen molar-refractivity contribution in [3.63, 3.8) is 0 Å². The van der Waals surface area contributed by atoms with E-state index in [1.54, 1.807) is 0 Å². The minimum absolute atomic E-state index is 0.513. The van der Waals surface area contributed by atoms with Gasteiger partial charge in [0.15, 0.2) is 0 Å². The van der Waals surface area contributed by atoms with Crippen LogP contribution in [0.3, 0.4) is 0 Å². The molecule has 0 aliphatic carbocycles. The van der Waals surface area contributed by atoms with Crippen LogP contribution in [-0.4, -0.2) is 24.3 Å². The Labute approximate surface area is 82.7 Å². The summed E-state index contributed by atoms with van der Waals surface area (Å²) in [5.74, 6) is 0. The van der Waals surface area contributed by atoms with Crippen molar-refractivity contribution in [2.75, 3.05) is 13.6 Å². The maximum absolute atomic E-state index is 9.81. The minimum atomic E-state index is -0.513. The molecule has 0 fully saturated rings. The van der Waals surface area contributed by atoms with E-state index >= 15 is 0 Å². The number of hydrogen-bond acceptors (Lipinski definition) is 2. The van der Waals surface area contributed by atoms with Crippen molar-refractivity contribution >= 4 is 0 Å². The third-order valence-electron chi connectivity index (χ3n) is 2.38. The van der Waals surface area contributed by atoms with Crippen molar-refractivity contribution in [3.8, 4) is 0 Å². The van der Waals surface area contributed by atoms with Gasteiger partial charge in [0.25, 0.3) is 0 Å². The zero-order valence-electron chi connectivity index (χ0n) is 9.40. The lowest BCUT2D eigenvalue weighted by Gasteiger charge is -2.22. The summed E-state index contributed by atoms with van der Waals surface area (Å²) >= 11 is 0. The molecular formula is C11H25NO. The van der Waals surface area contributed by atoms with E-state index in [0.717, 1.165) is 12.8 Å². The van der Waals surface area contributed by atoms with Gasteiger partial charge >= 0.3 is 0 Å². The molecular weight excluding hydrogens is 162 g/mol. The van der Waals surface area contributed by atoms with E-state index in [1.165, 1.54) is 25.7 Å². The van der Waals surface area contributed by atoms with Gasteiger partial charge in [0.2, 0.25) is 0 Å². The van der Waals surface area contributed by atoms with Gasteiger partial charge in [-0.25, -0.2) is 0 Å². The van der Waals surface area contributed by atoms with Gasteiger partial charge in [0, 0.05) is 6.54 Å². The third kappa shape index (κ3) is 8.26. The molecule has 0 saturated heterocycles. The molecule has 0 rings (SSSR count). The molecule has 0 saturated carbocycles. The monoisotopic (exact) mass is 187 g/mol. The third-order valence-corrected chi connectivity index (χ3v) is 2.38. The highest BCUT2D eigenvalue weighted by molar-refractivity contribution is 4.74. The van der Waals surface area contributed by atoms with Crippen molar-refractivity contribution in [2.45, 2.75) is 58.0 Å². The van der Waals surface area contributed by atoms with Crippen LogP contribution in [0.4, 0.5) is 0 Å². The standard InChI is InChI=1S/C11H25NO/c1-4-5-6-7-8-9-11(2,13)10-12-3/h12-13H,4-10H2,1-3H3. The van der Waals surface area contributed by atoms with Crippen LogP contribution in [0.15, 0.2) is 0 Å². The van der Waals surface area contributed by atoms with E-state index in [-0.39, 0.29) is 0 Å². The molecule has 1 atom stereocenters. The first-order valence-electron chi connectivity index (χ1n) is 5.49. The summed E-state index contributed by atoms with van der Waals surface area (Å²) in [7, 11) is 1.88. The van der Waals surface area contributed by atoms with Crippen LogP contribution in [0, 0.1) is 0 Å². The van der Waals surface area contributed by atoms with Gasteiger partial charge in [-0.3, -0.25) is 0 Å². The first-order chi connectivity index (χ1) is 6.12. The fourth-order valence-electron chi connectivity index (χ4n) is 1.58. The van der Waals surface area contributed by atoms with Gasteiger partial charge in [0.1, 0.15) is 0 Å². The number of rotatable bonds is 8. The van der Waals surface area contributed by atoms with Gasteiger partial charge in [0.05, 0.1) is 5.60 Å². The van der Waals surface area contributed by atoms with Crippen molar-refractivity contribution in [3.05, 3.63) is 0 Å². The van der Waals surface area contributed by atoms with Gasteiger partial charge < -0.3 is 10.4 Å². The predicted molar refractivity (Wildman–Crippen MR) is 57.9 cm³/mol. The Balaban J connectivity index is 3.29. The van der Waals surface area contributed by atoms with Crippen LogP contribution in [-0.2, 0) is 0 Å². The van der Waals surface area contributed by atoms with E-state index in [1.807, 2.05) is 14.0 Å². The summed E-state index contributed by atoms with van der Waals surface area (Å²) < 4.78 is 0. The Morgan fingerprint density at radius 2 is 1.77 bits per heavy atom. The maximum Gasteiger partial charge on any atom is 0.0743 e. The second kappa shape index (κ2) is 7.34. The summed E-state index contributed by atoms with van der Waals surface area (Å²) in [5, 5.41) is 12.8. The lowest BCUT2D eigenvalue weighted by atomic mass is 9.98. The Morgan fingerprint density at radius 3 is 2.31 bits per heavy atom. The predicted octanol–water partition coefficient (Wildman–Crippen LogP) is 2.32. The summed E-state index contributed by atoms with van der Waals surface area (Å²) in [6, 6.07) is 0. The Hall–Kier alpha value is -0.0800. The number of nitrogens with one attached hydrogen (secondary N) is 1. The molecule has 2 nitrogen and oxygen atoms in total. The highest BCUT2D eigenvalue weighted by Crippen LogP contribution is 2.14. The largest absolute Gasteiger partial charge is 0.389 e. The van der Waals surface area contributed by atoms with Crippen molar-refractivity contribution in [1.29, 1.82) is 0 Å². The van der Waals surface area contributed by atoms with Gasteiger partial charge in [-0.05, 0) is 20.4 Å². The molecule has 0 aromatic carbocycles. The molecule has 0 spiro atoms. The molecule has 80 valence electrons. The number of hydrogen-bond donors (Lipinski definition) is 2. The maximum atomic E-state index is 9.81. The van der Waals surface area contributed by atoms with Crippen LogP contribution < -0.4 is 5.32 Å². The number of unbranched alkanes of at least 4 members (excludes halogenated alkanes) is 4. The van der Waals surface area contributed by atoms with Crippen LogP contribution in [0.5, 0.6) is 0 Å². The smallest absolute Gasteiger partial charge is 0.0743 e. The Morgan fingerprint density at radius 1 is 1.15 bits per heavy atom. The molecule has 0 radical (unpaired) electrons. The molecule has 0 bridgehead atoms. The Bertz CT molecular complexity index is 113. The molecule has 0 aliphatic rings. The normalized spacial score (nSPS) is 15.7. The molecule has 1 unspecified atom stereocenters. The average molecular weight is 187 g/mol. The van der Waals surface area contributed by atoms with Crippen LogP contribution in [0.25, 0.3) is 0 Å².